The van der Waals surface area contributed by atoms with Crippen LogP contribution in [0.2, 0.25) is 0 Å². The number of fused-ring (bicyclic) bond motifs is 1. The minimum Gasteiger partial charge on any atom is -0.384 e. The molecule has 2 rings (SSSR count). The normalized spacial score (nSPS) is 18.1. The minimum absolute atomic E-state index is 0.140. The van der Waals surface area contributed by atoms with E-state index in [1.807, 2.05) is 19.1 Å². The van der Waals surface area contributed by atoms with Crippen molar-refractivity contribution in [2.24, 2.45) is 0 Å². The van der Waals surface area contributed by atoms with E-state index in [1.54, 1.807) is 0 Å². The molecule has 1 unspecified atom stereocenters. The van der Waals surface area contributed by atoms with Crippen LogP contribution in [0.4, 0.5) is 5.69 Å². The monoisotopic (exact) mass is 204 g/mol. The Hall–Kier alpha value is -1.51. The Balaban J connectivity index is 2.04. The number of carbonyl (C=O) groups is 1. The summed E-state index contributed by atoms with van der Waals surface area (Å²) in [5, 5.41) is 6.15. The average molecular weight is 204 g/mol. The molecular weight excluding hydrogens is 188 g/mol. The SMILES string of the molecule is CCNC(=O)CC1CNc2ccccc21. The van der Waals surface area contributed by atoms with E-state index in [-0.39, 0.29) is 5.91 Å². The van der Waals surface area contributed by atoms with Crippen molar-refractivity contribution in [1.82, 2.24) is 5.32 Å². The standard InChI is InChI=1S/C12H16N2O/c1-2-13-12(15)7-9-8-14-11-6-4-3-5-10(9)11/h3-6,9,14H,2,7-8H2,1H3,(H,13,15). The molecule has 0 fully saturated rings. The Morgan fingerprint density at radius 2 is 2.33 bits per heavy atom. The van der Waals surface area contributed by atoms with Crippen molar-refractivity contribution in [2.45, 2.75) is 19.3 Å². The molecule has 1 heterocycles. The largest absolute Gasteiger partial charge is 0.384 e. The lowest BCUT2D eigenvalue weighted by Gasteiger charge is -2.09. The molecule has 1 aromatic carbocycles. The molecule has 15 heavy (non-hydrogen) atoms. The Labute approximate surface area is 89.9 Å². The minimum atomic E-state index is 0.140. The van der Waals surface area contributed by atoms with Gasteiger partial charge in [-0.05, 0) is 18.6 Å². The van der Waals surface area contributed by atoms with Crippen molar-refractivity contribution < 1.29 is 4.79 Å². The molecule has 0 aromatic heterocycles. The number of amides is 1. The van der Waals surface area contributed by atoms with E-state index in [4.69, 9.17) is 0 Å². The first-order valence-corrected chi connectivity index (χ1v) is 5.40. The van der Waals surface area contributed by atoms with Crippen LogP contribution in [0.1, 0.15) is 24.8 Å². The van der Waals surface area contributed by atoms with Gasteiger partial charge >= 0.3 is 0 Å². The highest BCUT2D eigenvalue weighted by Gasteiger charge is 2.23. The second-order valence-electron chi connectivity index (χ2n) is 3.82. The van der Waals surface area contributed by atoms with Crippen LogP contribution in [0.25, 0.3) is 0 Å². The molecule has 1 aliphatic rings. The van der Waals surface area contributed by atoms with Crippen LogP contribution >= 0.6 is 0 Å². The lowest BCUT2D eigenvalue weighted by molar-refractivity contribution is -0.121. The predicted octanol–water partition coefficient (Wildman–Crippen LogP) is 1.72. The third kappa shape index (κ3) is 2.12. The first-order valence-electron chi connectivity index (χ1n) is 5.40. The molecule has 1 aliphatic heterocycles. The number of hydrogen-bond acceptors (Lipinski definition) is 2. The molecule has 0 radical (unpaired) electrons. The molecule has 0 bridgehead atoms. The fraction of sp³-hybridized carbons (Fsp3) is 0.417. The Kier molecular flexibility index (Phi) is 2.90. The van der Waals surface area contributed by atoms with E-state index in [2.05, 4.69) is 22.8 Å². The van der Waals surface area contributed by atoms with E-state index in [9.17, 15) is 4.79 Å². The fourth-order valence-electron chi connectivity index (χ4n) is 2.03. The number of rotatable bonds is 3. The van der Waals surface area contributed by atoms with Crippen LogP contribution in [-0.2, 0) is 4.79 Å². The molecule has 3 heteroatoms. The van der Waals surface area contributed by atoms with E-state index >= 15 is 0 Å². The zero-order chi connectivity index (χ0) is 10.7. The molecule has 0 saturated carbocycles. The first-order chi connectivity index (χ1) is 7.31. The third-order valence-corrected chi connectivity index (χ3v) is 2.75. The average Bonchev–Trinajstić information content (AvgIpc) is 2.62. The summed E-state index contributed by atoms with van der Waals surface area (Å²) in [6.07, 6.45) is 0.581. The number of benzene rings is 1. The summed E-state index contributed by atoms with van der Waals surface area (Å²) >= 11 is 0. The van der Waals surface area contributed by atoms with Gasteiger partial charge in [-0.25, -0.2) is 0 Å². The molecule has 0 saturated heterocycles. The van der Waals surface area contributed by atoms with Crippen molar-refractivity contribution in [3.63, 3.8) is 0 Å². The van der Waals surface area contributed by atoms with E-state index < -0.39 is 0 Å². The van der Waals surface area contributed by atoms with Gasteiger partial charge < -0.3 is 10.6 Å². The molecule has 1 aromatic rings. The summed E-state index contributed by atoms with van der Waals surface area (Å²) in [5.74, 6) is 0.466. The highest BCUT2D eigenvalue weighted by molar-refractivity contribution is 5.78. The van der Waals surface area contributed by atoms with Crippen LogP contribution in [0, 0.1) is 0 Å². The van der Waals surface area contributed by atoms with Crippen molar-refractivity contribution in [3.8, 4) is 0 Å². The van der Waals surface area contributed by atoms with Crippen molar-refractivity contribution in [3.05, 3.63) is 29.8 Å². The Morgan fingerprint density at radius 3 is 3.13 bits per heavy atom. The van der Waals surface area contributed by atoms with Gasteiger partial charge in [0.2, 0.25) is 5.91 Å². The summed E-state index contributed by atoms with van der Waals surface area (Å²) in [6.45, 7) is 3.52. The van der Waals surface area contributed by atoms with Crippen LogP contribution in [0.5, 0.6) is 0 Å². The molecular formula is C12H16N2O. The molecule has 0 aliphatic carbocycles. The van der Waals surface area contributed by atoms with Gasteiger partial charge in [0.25, 0.3) is 0 Å². The second-order valence-corrected chi connectivity index (χ2v) is 3.82. The predicted molar refractivity (Wildman–Crippen MR) is 61.0 cm³/mol. The highest BCUT2D eigenvalue weighted by Crippen LogP contribution is 2.32. The Bertz CT molecular complexity index is 362. The van der Waals surface area contributed by atoms with Gasteiger partial charge in [-0.2, -0.15) is 0 Å². The maximum absolute atomic E-state index is 11.5. The zero-order valence-electron chi connectivity index (χ0n) is 8.92. The number of para-hydroxylation sites is 1. The number of carbonyl (C=O) groups excluding carboxylic acids is 1. The molecule has 3 nitrogen and oxygen atoms in total. The van der Waals surface area contributed by atoms with E-state index in [0.717, 1.165) is 6.54 Å². The van der Waals surface area contributed by atoms with Crippen molar-refractivity contribution in [1.29, 1.82) is 0 Å². The number of hydrogen-bond donors (Lipinski definition) is 2. The maximum Gasteiger partial charge on any atom is 0.220 e. The van der Waals surface area contributed by atoms with Gasteiger partial charge in [0.05, 0.1) is 0 Å². The summed E-state index contributed by atoms with van der Waals surface area (Å²) < 4.78 is 0. The highest BCUT2D eigenvalue weighted by atomic mass is 16.1. The molecule has 1 amide bonds. The van der Waals surface area contributed by atoms with Crippen LogP contribution < -0.4 is 10.6 Å². The summed E-state index contributed by atoms with van der Waals surface area (Å²) in [7, 11) is 0. The van der Waals surface area contributed by atoms with Crippen LogP contribution in [-0.4, -0.2) is 19.0 Å². The first kappa shape index (κ1) is 10.0. The number of anilines is 1. The van der Waals surface area contributed by atoms with E-state index in [1.165, 1.54) is 11.3 Å². The zero-order valence-corrected chi connectivity index (χ0v) is 8.92. The lowest BCUT2D eigenvalue weighted by atomic mass is 9.98. The molecule has 0 spiro atoms. The maximum atomic E-state index is 11.5. The van der Waals surface area contributed by atoms with Crippen LogP contribution in [0.15, 0.2) is 24.3 Å². The third-order valence-electron chi connectivity index (χ3n) is 2.75. The smallest absolute Gasteiger partial charge is 0.220 e. The molecule has 1 atom stereocenters. The van der Waals surface area contributed by atoms with Crippen LogP contribution in [0.3, 0.4) is 0 Å². The number of nitrogens with one attached hydrogen (secondary N) is 2. The van der Waals surface area contributed by atoms with Gasteiger partial charge in [0, 0.05) is 31.1 Å². The van der Waals surface area contributed by atoms with E-state index in [0.29, 0.717) is 18.9 Å². The van der Waals surface area contributed by atoms with Crippen molar-refractivity contribution in [2.75, 3.05) is 18.4 Å². The van der Waals surface area contributed by atoms with Gasteiger partial charge in [-0.1, -0.05) is 18.2 Å². The molecule has 2 N–H and O–H groups in total. The summed E-state index contributed by atoms with van der Waals surface area (Å²) in [4.78, 5) is 11.5. The fourth-order valence-corrected chi connectivity index (χ4v) is 2.03. The lowest BCUT2D eigenvalue weighted by Crippen LogP contribution is -2.25. The molecule has 80 valence electrons. The van der Waals surface area contributed by atoms with Gasteiger partial charge in [-0.3, -0.25) is 4.79 Å². The van der Waals surface area contributed by atoms with Gasteiger partial charge in [0.1, 0.15) is 0 Å². The Morgan fingerprint density at radius 1 is 1.53 bits per heavy atom. The second kappa shape index (κ2) is 4.34. The summed E-state index contributed by atoms with van der Waals surface area (Å²) in [5.41, 5.74) is 2.44. The van der Waals surface area contributed by atoms with Crippen molar-refractivity contribution >= 4 is 11.6 Å². The summed E-state index contributed by atoms with van der Waals surface area (Å²) in [6, 6.07) is 8.20. The topological polar surface area (TPSA) is 41.1 Å². The van der Waals surface area contributed by atoms with Gasteiger partial charge in [0.15, 0.2) is 0 Å². The van der Waals surface area contributed by atoms with Gasteiger partial charge in [-0.15, -0.1) is 0 Å². The quantitative estimate of drug-likeness (QED) is 0.787.